The van der Waals surface area contributed by atoms with E-state index in [2.05, 4.69) is 21.9 Å². The van der Waals surface area contributed by atoms with Gasteiger partial charge in [0.15, 0.2) is 6.10 Å². The maximum atomic E-state index is 10.5. The molecule has 5 heteroatoms. The van der Waals surface area contributed by atoms with Crippen LogP contribution in [0.15, 0.2) is 5.11 Å². The molecule has 0 bridgehead atoms. The summed E-state index contributed by atoms with van der Waals surface area (Å²) in [6.45, 7) is 4.62. The molecule has 0 rings (SSSR count). The predicted octanol–water partition coefficient (Wildman–Crippen LogP) is 1.64. The van der Waals surface area contributed by atoms with Crippen molar-refractivity contribution in [1.29, 1.82) is 0 Å². The molecule has 0 aliphatic heterocycles. The third-order valence-corrected chi connectivity index (χ3v) is 1.06. The van der Waals surface area contributed by atoms with Gasteiger partial charge in [-0.05, 0) is 19.4 Å². The van der Waals surface area contributed by atoms with E-state index in [1.165, 1.54) is 6.92 Å². The Morgan fingerprint density at radius 3 is 2.62 bits per heavy atom. The Balaban J connectivity index is 4.08. The van der Waals surface area contributed by atoms with Crippen LogP contribution in [0.1, 0.15) is 20.8 Å². The van der Waals surface area contributed by atoms with E-state index < -0.39 is 12.1 Å². The minimum atomic E-state index is -0.464. The second-order valence-corrected chi connectivity index (χ2v) is 2.42. The molecule has 0 aromatic heterocycles. The van der Waals surface area contributed by atoms with Crippen molar-refractivity contribution in [1.82, 2.24) is 0 Å². The topological polar surface area (TPSA) is 75.1 Å². The van der Waals surface area contributed by atoms with E-state index in [9.17, 15) is 4.79 Å². The van der Waals surface area contributed by atoms with Crippen LogP contribution in [0.3, 0.4) is 0 Å². The van der Waals surface area contributed by atoms with Crippen molar-refractivity contribution in [3.05, 3.63) is 10.4 Å². The van der Waals surface area contributed by atoms with Crippen molar-refractivity contribution < 1.29 is 9.53 Å². The van der Waals surface area contributed by atoms with E-state index >= 15 is 0 Å². The molecule has 2 atom stereocenters. The number of azide groups is 1. The highest BCUT2D eigenvalue weighted by atomic mass is 16.5. The number of carbonyl (C=O) groups excluding carboxylic acids is 1. The van der Waals surface area contributed by atoms with Crippen LogP contribution in [0.2, 0.25) is 0 Å². The highest BCUT2D eigenvalue weighted by Crippen LogP contribution is 1.91. The maximum Gasteiger partial charge on any atom is 0.303 e. The van der Waals surface area contributed by atoms with E-state index in [0.717, 1.165) is 0 Å². The molecule has 0 amide bonds. The zero-order valence-electron chi connectivity index (χ0n) is 7.81. The van der Waals surface area contributed by atoms with Crippen molar-refractivity contribution in [2.24, 2.45) is 5.11 Å². The van der Waals surface area contributed by atoms with Gasteiger partial charge in [-0.2, -0.15) is 0 Å². The van der Waals surface area contributed by atoms with Gasteiger partial charge in [0, 0.05) is 11.8 Å². The minimum absolute atomic E-state index is 0.377. The van der Waals surface area contributed by atoms with Crippen LogP contribution >= 0.6 is 0 Å². The summed E-state index contributed by atoms with van der Waals surface area (Å²) in [5.74, 6) is 4.90. The van der Waals surface area contributed by atoms with Gasteiger partial charge in [-0.15, -0.1) is 0 Å². The van der Waals surface area contributed by atoms with E-state index in [1.807, 2.05) is 0 Å². The summed E-state index contributed by atoms with van der Waals surface area (Å²) < 4.78 is 4.73. The minimum Gasteiger partial charge on any atom is -0.450 e. The van der Waals surface area contributed by atoms with Crippen LogP contribution in [-0.4, -0.2) is 18.1 Å². The Hall–Kier alpha value is -1.66. The van der Waals surface area contributed by atoms with Crippen molar-refractivity contribution in [2.45, 2.75) is 32.9 Å². The summed E-state index contributed by atoms with van der Waals surface area (Å²) in [5, 5.41) is 3.34. The lowest BCUT2D eigenvalue weighted by molar-refractivity contribution is -0.143. The molecule has 70 valence electrons. The fraction of sp³-hybridized carbons (Fsp3) is 0.625. The van der Waals surface area contributed by atoms with Crippen molar-refractivity contribution in [2.75, 3.05) is 0 Å². The highest BCUT2D eigenvalue weighted by molar-refractivity contribution is 5.66. The summed E-state index contributed by atoms with van der Waals surface area (Å²) in [5.41, 5.74) is 8.05. The van der Waals surface area contributed by atoms with Gasteiger partial charge in [0.1, 0.15) is 0 Å². The number of rotatable bonds is 2. The normalized spacial score (nSPS) is 12.8. The van der Waals surface area contributed by atoms with Crippen molar-refractivity contribution in [3.8, 4) is 11.8 Å². The lowest BCUT2D eigenvalue weighted by Crippen LogP contribution is -2.10. The van der Waals surface area contributed by atoms with E-state index in [1.54, 1.807) is 13.8 Å². The molecule has 0 N–H and O–H groups in total. The number of nitrogens with zero attached hydrogens (tertiary/aromatic N) is 3. The summed E-state index contributed by atoms with van der Waals surface area (Å²) in [6, 6.07) is -0.400. The van der Waals surface area contributed by atoms with Crippen LogP contribution in [0.4, 0.5) is 0 Å². The number of esters is 1. The lowest BCUT2D eigenvalue weighted by Gasteiger charge is -2.02. The van der Waals surface area contributed by atoms with E-state index in [-0.39, 0.29) is 5.97 Å². The van der Waals surface area contributed by atoms with Gasteiger partial charge in [-0.25, -0.2) is 0 Å². The van der Waals surface area contributed by atoms with Gasteiger partial charge in [0.25, 0.3) is 0 Å². The Morgan fingerprint density at radius 1 is 1.54 bits per heavy atom. The van der Waals surface area contributed by atoms with Crippen molar-refractivity contribution in [3.63, 3.8) is 0 Å². The van der Waals surface area contributed by atoms with Gasteiger partial charge < -0.3 is 4.74 Å². The second kappa shape index (κ2) is 5.92. The highest BCUT2D eigenvalue weighted by Gasteiger charge is 1.99. The molecule has 0 heterocycles. The Kier molecular flexibility index (Phi) is 5.17. The van der Waals surface area contributed by atoms with Crippen LogP contribution in [-0.2, 0) is 9.53 Å². The number of hydrogen-bond donors (Lipinski definition) is 0. The summed E-state index contributed by atoms with van der Waals surface area (Å²) in [6.07, 6.45) is -0.464. The van der Waals surface area contributed by atoms with E-state index in [0.29, 0.717) is 0 Å². The van der Waals surface area contributed by atoms with Gasteiger partial charge in [-0.1, -0.05) is 17.0 Å². The first-order valence-electron chi connectivity index (χ1n) is 3.78. The molecule has 0 unspecified atom stereocenters. The Bertz CT molecular complexity index is 283. The SMILES string of the molecule is CC(=O)O[C@@H](C)C#C[C@H](C)N=[N+]=[N-]. The molecule has 0 aromatic carbocycles. The molecule has 13 heavy (non-hydrogen) atoms. The standard InChI is InChI=1S/C8H11N3O2/c1-6(10-11-9)4-5-7(2)13-8(3)12/h6-7H,1-3H3/t6-,7-/m0/s1. The molecular formula is C8H11N3O2. The third-order valence-electron chi connectivity index (χ3n) is 1.06. The lowest BCUT2D eigenvalue weighted by atomic mass is 10.3. The quantitative estimate of drug-likeness (QED) is 0.213. The van der Waals surface area contributed by atoms with Gasteiger partial charge in [0.2, 0.25) is 0 Å². The van der Waals surface area contributed by atoms with Crippen LogP contribution in [0, 0.1) is 11.8 Å². The van der Waals surface area contributed by atoms with Crippen LogP contribution < -0.4 is 0 Å². The molecule has 0 saturated carbocycles. The Morgan fingerprint density at radius 2 is 2.15 bits per heavy atom. The fourth-order valence-corrected chi connectivity index (χ4v) is 0.623. The fourth-order valence-electron chi connectivity index (χ4n) is 0.623. The molecule has 0 aliphatic carbocycles. The molecule has 5 nitrogen and oxygen atoms in total. The summed E-state index contributed by atoms with van der Waals surface area (Å²) >= 11 is 0. The molecule has 0 saturated heterocycles. The van der Waals surface area contributed by atoms with E-state index in [4.69, 9.17) is 10.3 Å². The zero-order chi connectivity index (χ0) is 10.3. The number of ether oxygens (including phenoxy) is 1. The first-order chi connectivity index (χ1) is 6.06. The van der Waals surface area contributed by atoms with Gasteiger partial charge in [-0.3, -0.25) is 4.79 Å². The molecule has 0 aliphatic rings. The Labute approximate surface area is 76.7 Å². The molecule has 0 spiro atoms. The number of carbonyl (C=O) groups is 1. The van der Waals surface area contributed by atoms with Gasteiger partial charge in [0.05, 0.1) is 6.04 Å². The first kappa shape index (κ1) is 11.3. The van der Waals surface area contributed by atoms with Crippen LogP contribution in [0.5, 0.6) is 0 Å². The molecule has 0 fully saturated rings. The predicted molar refractivity (Wildman–Crippen MR) is 47.6 cm³/mol. The monoisotopic (exact) mass is 181 g/mol. The summed E-state index contributed by atoms with van der Waals surface area (Å²) in [7, 11) is 0. The smallest absolute Gasteiger partial charge is 0.303 e. The average Bonchev–Trinajstić information content (AvgIpc) is 2.00. The second-order valence-electron chi connectivity index (χ2n) is 2.42. The summed E-state index contributed by atoms with van der Waals surface area (Å²) in [4.78, 5) is 13.0. The van der Waals surface area contributed by atoms with Crippen LogP contribution in [0.25, 0.3) is 10.4 Å². The third kappa shape index (κ3) is 6.73. The largest absolute Gasteiger partial charge is 0.450 e. The van der Waals surface area contributed by atoms with Crippen molar-refractivity contribution >= 4 is 5.97 Å². The maximum absolute atomic E-state index is 10.5. The first-order valence-corrected chi connectivity index (χ1v) is 3.78. The van der Waals surface area contributed by atoms with Gasteiger partial charge >= 0.3 is 5.97 Å². The number of hydrogen-bond acceptors (Lipinski definition) is 3. The molecule has 0 aromatic rings. The zero-order valence-corrected chi connectivity index (χ0v) is 7.81. The average molecular weight is 181 g/mol. The molecular weight excluding hydrogens is 170 g/mol. The molecule has 0 radical (unpaired) electrons.